The number of pyridine rings is 2. The Morgan fingerprint density at radius 3 is 2.29 bits per heavy atom. The molecule has 4 aromatic rings. The number of allylic oxidation sites excluding steroid dienone is 4. The number of nitrogens with zero attached hydrogens (tertiary/aromatic N) is 2. The van der Waals surface area contributed by atoms with E-state index in [2.05, 4.69) is 58.5 Å². The first-order chi connectivity index (χ1) is 13.9. The zero-order valence-electron chi connectivity index (χ0n) is 15.8. The largest absolute Gasteiger partial charge is 0.255 e. The number of rotatable bonds is 0. The van der Waals surface area contributed by atoms with E-state index in [-0.39, 0.29) is 0 Å². The van der Waals surface area contributed by atoms with Crippen LogP contribution in [0.2, 0.25) is 0 Å². The predicted octanol–water partition coefficient (Wildman–Crippen LogP) is 6.52. The van der Waals surface area contributed by atoms with Crippen LogP contribution in [0, 0.1) is 0 Å². The van der Waals surface area contributed by atoms with Gasteiger partial charge in [0.05, 0.1) is 11.0 Å². The lowest BCUT2D eigenvalue weighted by atomic mass is 9.80. The fourth-order valence-electron chi connectivity index (χ4n) is 4.29. The SMILES string of the molecule is C1=CC2=C(CC1)CCc1c2ccc2ccccc12.c1cnc2cccnc2c1. The Morgan fingerprint density at radius 2 is 1.46 bits per heavy atom. The van der Waals surface area contributed by atoms with Gasteiger partial charge in [-0.25, -0.2) is 0 Å². The first-order valence-electron chi connectivity index (χ1n) is 9.95. The molecule has 2 aliphatic rings. The van der Waals surface area contributed by atoms with Gasteiger partial charge in [-0.3, -0.25) is 9.97 Å². The Morgan fingerprint density at radius 1 is 0.679 bits per heavy atom. The molecule has 0 aliphatic heterocycles. The third-order valence-corrected chi connectivity index (χ3v) is 5.66. The molecule has 0 amide bonds. The third kappa shape index (κ3) is 3.11. The second kappa shape index (κ2) is 7.40. The summed E-state index contributed by atoms with van der Waals surface area (Å²) in [5.41, 5.74) is 8.10. The summed E-state index contributed by atoms with van der Waals surface area (Å²) in [6.45, 7) is 0. The van der Waals surface area contributed by atoms with Crippen molar-refractivity contribution in [2.75, 3.05) is 0 Å². The monoisotopic (exact) mass is 362 g/mol. The lowest BCUT2D eigenvalue weighted by Gasteiger charge is -2.25. The van der Waals surface area contributed by atoms with Crippen LogP contribution in [0.1, 0.15) is 30.4 Å². The van der Waals surface area contributed by atoms with Crippen LogP contribution in [0.3, 0.4) is 0 Å². The van der Waals surface area contributed by atoms with Crippen molar-refractivity contribution in [3.05, 3.63) is 102 Å². The molecule has 0 atom stereocenters. The van der Waals surface area contributed by atoms with Crippen molar-refractivity contribution in [1.82, 2.24) is 9.97 Å². The molecular formula is C26H22N2. The molecule has 0 saturated carbocycles. The van der Waals surface area contributed by atoms with E-state index in [0.717, 1.165) is 11.0 Å². The molecule has 0 bridgehead atoms. The Bertz CT molecular complexity index is 1150. The summed E-state index contributed by atoms with van der Waals surface area (Å²) in [6.07, 6.45) is 13.1. The number of benzene rings is 2. The van der Waals surface area contributed by atoms with E-state index >= 15 is 0 Å². The highest BCUT2D eigenvalue weighted by Crippen LogP contribution is 2.39. The average molecular weight is 362 g/mol. The summed E-state index contributed by atoms with van der Waals surface area (Å²) in [5.74, 6) is 0. The smallest absolute Gasteiger partial charge is 0.0886 e. The zero-order valence-corrected chi connectivity index (χ0v) is 15.8. The highest BCUT2D eigenvalue weighted by molar-refractivity contribution is 5.93. The van der Waals surface area contributed by atoms with Crippen molar-refractivity contribution in [2.24, 2.45) is 0 Å². The third-order valence-electron chi connectivity index (χ3n) is 5.66. The highest BCUT2D eigenvalue weighted by Gasteiger charge is 2.20. The Hall–Kier alpha value is -3.26. The number of aromatic nitrogens is 2. The normalized spacial score (nSPS) is 15.0. The number of fused-ring (bicyclic) bond motifs is 5. The van der Waals surface area contributed by atoms with Crippen LogP contribution in [0.5, 0.6) is 0 Å². The van der Waals surface area contributed by atoms with E-state index in [1.54, 1.807) is 23.5 Å². The number of hydrogen-bond donors (Lipinski definition) is 0. The molecule has 2 nitrogen and oxygen atoms in total. The summed E-state index contributed by atoms with van der Waals surface area (Å²) in [5, 5.41) is 2.82. The quantitative estimate of drug-likeness (QED) is 0.356. The fourth-order valence-corrected chi connectivity index (χ4v) is 4.29. The molecular weight excluding hydrogens is 340 g/mol. The summed E-state index contributed by atoms with van der Waals surface area (Å²) in [4.78, 5) is 8.24. The van der Waals surface area contributed by atoms with Gasteiger partial charge < -0.3 is 0 Å². The molecule has 2 aromatic heterocycles. The minimum atomic E-state index is 0.949. The van der Waals surface area contributed by atoms with Gasteiger partial charge in [0, 0.05) is 12.4 Å². The van der Waals surface area contributed by atoms with Crippen molar-refractivity contribution in [3.8, 4) is 0 Å². The molecule has 28 heavy (non-hydrogen) atoms. The van der Waals surface area contributed by atoms with Crippen molar-refractivity contribution >= 4 is 27.4 Å². The van der Waals surface area contributed by atoms with Gasteiger partial charge in [-0.15, -0.1) is 0 Å². The summed E-state index contributed by atoms with van der Waals surface area (Å²) >= 11 is 0. The number of hydrogen-bond acceptors (Lipinski definition) is 2. The molecule has 0 unspecified atom stereocenters. The minimum Gasteiger partial charge on any atom is -0.255 e. The summed E-state index contributed by atoms with van der Waals surface area (Å²) in [7, 11) is 0. The van der Waals surface area contributed by atoms with E-state index in [0.29, 0.717) is 0 Å². The molecule has 0 fully saturated rings. The summed E-state index contributed by atoms with van der Waals surface area (Å²) < 4.78 is 0. The lowest BCUT2D eigenvalue weighted by Crippen LogP contribution is -2.06. The van der Waals surface area contributed by atoms with E-state index < -0.39 is 0 Å². The van der Waals surface area contributed by atoms with Gasteiger partial charge >= 0.3 is 0 Å². The number of aryl methyl sites for hydroxylation is 1. The van der Waals surface area contributed by atoms with Gasteiger partial charge in [0.1, 0.15) is 0 Å². The Labute approximate surface area is 165 Å². The van der Waals surface area contributed by atoms with E-state index in [1.165, 1.54) is 47.6 Å². The molecule has 6 rings (SSSR count). The van der Waals surface area contributed by atoms with Crippen LogP contribution in [0.15, 0.2) is 90.8 Å². The van der Waals surface area contributed by atoms with Crippen molar-refractivity contribution in [3.63, 3.8) is 0 Å². The first kappa shape index (κ1) is 16.9. The topological polar surface area (TPSA) is 25.8 Å². The van der Waals surface area contributed by atoms with Crippen LogP contribution in [0.4, 0.5) is 0 Å². The van der Waals surface area contributed by atoms with E-state index in [1.807, 2.05) is 24.3 Å². The summed E-state index contributed by atoms with van der Waals surface area (Å²) in [6, 6.07) is 21.0. The molecule has 0 radical (unpaired) electrons. The predicted molar refractivity (Wildman–Crippen MR) is 117 cm³/mol. The Balaban J connectivity index is 0.000000145. The molecule has 136 valence electrons. The lowest BCUT2D eigenvalue weighted by molar-refractivity contribution is 0.831. The average Bonchev–Trinajstić information content (AvgIpc) is 2.79. The molecule has 2 aromatic carbocycles. The van der Waals surface area contributed by atoms with E-state index in [4.69, 9.17) is 0 Å². The van der Waals surface area contributed by atoms with Crippen molar-refractivity contribution < 1.29 is 0 Å². The first-order valence-corrected chi connectivity index (χ1v) is 9.95. The van der Waals surface area contributed by atoms with Crippen LogP contribution in [0.25, 0.3) is 27.4 Å². The Kier molecular flexibility index (Phi) is 4.46. The van der Waals surface area contributed by atoms with Crippen molar-refractivity contribution in [2.45, 2.75) is 25.7 Å². The van der Waals surface area contributed by atoms with E-state index in [9.17, 15) is 0 Å². The highest BCUT2D eigenvalue weighted by atomic mass is 14.7. The second-order valence-electron chi connectivity index (χ2n) is 7.32. The van der Waals surface area contributed by atoms with Crippen LogP contribution in [-0.2, 0) is 6.42 Å². The van der Waals surface area contributed by atoms with Crippen molar-refractivity contribution in [1.29, 1.82) is 0 Å². The van der Waals surface area contributed by atoms with Crippen LogP contribution < -0.4 is 0 Å². The molecule has 0 saturated heterocycles. The maximum Gasteiger partial charge on any atom is 0.0886 e. The van der Waals surface area contributed by atoms with Gasteiger partial charge in [-0.1, -0.05) is 54.1 Å². The molecule has 2 aliphatic carbocycles. The molecule has 0 spiro atoms. The van der Waals surface area contributed by atoms with Gasteiger partial charge in [0.15, 0.2) is 0 Å². The van der Waals surface area contributed by atoms with Gasteiger partial charge in [-0.05, 0) is 77.4 Å². The van der Waals surface area contributed by atoms with Gasteiger partial charge in [0.2, 0.25) is 0 Å². The minimum absolute atomic E-state index is 0.949. The van der Waals surface area contributed by atoms with Crippen LogP contribution in [-0.4, -0.2) is 9.97 Å². The second-order valence-corrected chi connectivity index (χ2v) is 7.32. The molecule has 2 heteroatoms. The van der Waals surface area contributed by atoms with Crippen LogP contribution >= 0.6 is 0 Å². The fraction of sp³-hybridized carbons (Fsp3) is 0.154. The maximum absolute atomic E-state index is 4.12. The molecule has 2 heterocycles. The maximum atomic E-state index is 4.12. The zero-order chi connectivity index (χ0) is 18.8. The molecule has 0 N–H and O–H groups in total. The standard InChI is InChI=1S/C18H16.C8H6N2/c1-3-7-15-13(5-1)9-11-18-16-8-4-2-6-14(16)10-12-17(15)18;1-3-7-8(9-5-1)4-2-6-10-7/h1,3-5,7-9,11H,2,6,10,12H2;1-6H. The van der Waals surface area contributed by atoms with Gasteiger partial charge in [0.25, 0.3) is 0 Å². The van der Waals surface area contributed by atoms with Gasteiger partial charge in [-0.2, -0.15) is 0 Å².